The Hall–Kier alpha value is -2.06. The van der Waals surface area contributed by atoms with Crippen molar-refractivity contribution in [2.24, 2.45) is 0 Å². The van der Waals surface area contributed by atoms with Gasteiger partial charge in [0, 0.05) is 22.7 Å². The molecule has 0 fully saturated rings. The normalized spacial score (nSPS) is 10.6. The molecule has 94 valence electrons. The minimum absolute atomic E-state index is 0.523. The van der Waals surface area contributed by atoms with Crippen LogP contribution >= 0.6 is 11.6 Å². The van der Waals surface area contributed by atoms with Crippen LogP contribution in [0.3, 0.4) is 0 Å². The van der Waals surface area contributed by atoms with E-state index < -0.39 is 0 Å². The van der Waals surface area contributed by atoms with Gasteiger partial charge in [-0.1, -0.05) is 29.8 Å². The lowest BCUT2D eigenvalue weighted by Gasteiger charge is -2.07. The molecule has 0 aliphatic rings. The molecule has 19 heavy (non-hydrogen) atoms. The minimum Gasteiger partial charge on any atom is -0.489 e. The second-order valence-electron chi connectivity index (χ2n) is 4.27. The smallest absolute Gasteiger partial charge is 0.122 e. The zero-order valence-electron chi connectivity index (χ0n) is 10.2. The largest absolute Gasteiger partial charge is 0.489 e. The lowest BCUT2D eigenvalue weighted by atomic mass is 10.2. The van der Waals surface area contributed by atoms with Gasteiger partial charge in [-0.05, 0) is 35.9 Å². The van der Waals surface area contributed by atoms with E-state index in [1.54, 1.807) is 6.20 Å². The number of aromatic nitrogens is 1. The van der Waals surface area contributed by atoms with Gasteiger partial charge >= 0.3 is 0 Å². The molecule has 0 atom stereocenters. The van der Waals surface area contributed by atoms with E-state index in [4.69, 9.17) is 16.3 Å². The highest BCUT2D eigenvalue weighted by atomic mass is 35.5. The van der Waals surface area contributed by atoms with E-state index >= 15 is 0 Å². The number of halogens is 1. The third kappa shape index (κ3) is 2.85. The van der Waals surface area contributed by atoms with Gasteiger partial charge in [-0.2, -0.15) is 0 Å². The van der Waals surface area contributed by atoms with Gasteiger partial charge < -0.3 is 4.74 Å². The lowest BCUT2D eigenvalue weighted by molar-refractivity contribution is 0.306. The van der Waals surface area contributed by atoms with E-state index in [0.717, 1.165) is 27.2 Å². The molecule has 0 bridgehead atoms. The van der Waals surface area contributed by atoms with Crippen molar-refractivity contribution in [2.75, 3.05) is 0 Å². The Morgan fingerprint density at radius 1 is 1.00 bits per heavy atom. The Morgan fingerprint density at radius 3 is 2.68 bits per heavy atom. The molecule has 0 spiro atoms. The Morgan fingerprint density at radius 2 is 1.84 bits per heavy atom. The van der Waals surface area contributed by atoms with Crippen LogP contribution < -0.4 is 4.74 Å². The van der Waals surface area contributed by atoms with Crippen molar-refractivity contribution in [3.05, 3.63) is 71.4 Å². The van der Waals surface area contributed by atoms with Gasteiger partial charge in [0.25, 0.3) is 0 Å². The second-order valence-corrected chi connectivity index (χ2v) is 4.71. The van der Waals surface area contributed by atoms with Gasteiger partial charge in [-0.3, -0.25) is 4.98 Å². The summed E-state index contributed by atoms with van der Waals surface area (Å²) in [7, 11) is 0. The van der Waals surface area contributed by atoms with Crippen molar-refractivity contribution < 1.29 is 4.74 Å². The molecule has 0 amide bonds. The molecule has 0 N–H and O–H groups in total. The van der Waals surface area contributed by atoms with Crippen LogP contribution in [0.15, 0.2) is 60.8 Å². The first-order chi connectivity index (χ1) is 9.31. The molecular weight excluding hydrogens is 258 g/mol. The van der Waals surface area contributed by atoms with Gasteiger partial charge in [-0.25, -0.2) is 0 Å². The number of hydrogen-bond donors (Lipinski definition) is 0. The van der Waals surface area contributed by atoms with E-state index in [0.29, 0.717) is 6.61 Å². The fraction of sp³-hybridized carbons (Fsp3) is 0.0625. The molecule has 2 aromatic carbocycles. The number of hydrogen-bond acceptors (Lipinski definition) is 2. The second kappa shape index (κ2) is 5.29. The summed E-state index contributed by atoms with van der Waals surface area (Å²) in [5.41, 5.74) is 2.03. The van der Waals surface area contributed by atoms with E-state index in [-0.39, 0.29) is 0 Å². The highest BCUT2D eigenvalue weighted by Crippen LogP contribution is 2.20. The number of ether oxygens (including phenoxy) is 1. The van der Waals surface area contributed by atoms with Gasteiger partial charge in [0.2, 0.25) is 0 Å². The van der Waals surface area contributed by atoms with Gasteiger partial charge in [0.15, 0.2) is 0 Å². The molecule has 3 heteroatoms. The summed E-state index contributed by atoms with van der Waals surface area (Å²) in [6.45, 7) is 0.523. The molecule has 0 aliphatic heterocycles. The van der Waals surface area contributed by atoms with Crippen LogP contribution in [0.25, 0.3) is 10.9 Å². The van der Waals surface area contributed by atoms with Crippen LogP contribution in [-0.4, -0.2) is 4.98 Å². The average molecular weight is 270 g/mol. The van der Waals surface area contributed by atoms with Crippen molar-refractivity contribution in [2.45, 2.75) is 6.61 Å². The van der Waals surface area contributed by atoms with E-state index in [9.17, 15) is 0 Å². The topological polar surface area (TPSA) is 22.1 Å². The highest BCUT2D eigenvalue weighted by molar-refractivity contribution is 6.30. The minimum atomic E-state index is 0.523. The fourth-order valence-corrected chi connectivity index (χ4v) is 2.01. The van der Waals surface area contributed by atoms with E-state index in [1.807, 2.05) is 54.6 Å². The van der Waals surface area contributed by atoms with E-state index in [2.05, 4.69) is 4.98 Å². The maximum absolute atomic E-state index is 5.85. The predicted octanol–water partition coefficient (Wildman–Crippen LogP) is 4.47. The van der Waals surface area contributed by atoms with Crippen molar-refractivity contribution in [3.63, 3.8) is 0 Å². The van der Waals surface area contributed by atoms with Gasteiger partial charge in [-0.15, -0.1) is 0 Å². The molecule has 1 aromatic heterocycles. The molecule has 1 heterocycles. The predicted molar refractivity (Wildman–Crippen MR) is 77.5 cm³/mol. The van der Waals surface area contributed by atoms with Crippen LogP contribution in [0, 0.1) is 0 Å². The Kier molecular flexibility index (Phi) is 3.34. The summed E-state index contributed by atoms with van der Waals surface area (Å²) < 4.78 is 5.76. The summed E-state index contributed by atoms with van der Waals surface area (Å²) >= 11 is 5.85. The zero-order valence-corrected chi connectivity index (χ0v) is 11.0. The average Bonchev–Trinajstić information content (AvgIpc) is 2.46. The van der Waals surface area contributed by atoms with Crippen LogP contribution in [-0.2, 0) is 6.61 Å². The molecule has 3 aromatic rings. The lowest BCUT2D eigenvalue weighted by Crippen LogP contribution is -1.95. The number of pyridine rings is 1. The molecule has 0 aliphatic carbocycles. The van der Waals surface area contributed by atoms with Crippen LogP contribution in [0.2, 0.25) is 5.02 Å². The Balaban J connectivity index is 1.76. The van der Waals surface area contributed by atoms with Gasteiger partial charge in [0.1, 0.15) is 12.4 Å². The monoisotopic (exact) mass is 269 g/mol. The Bertz CT molecular complexity index is 694. The van der Waals surface area contributed by atoms with Crippen molar-refractivity contribution in [3.8, 4) is 5.75 Å². The van der Waals surface area contributed by atoms with Gasteiger partial charge in [0.05, 0.1) is 5.52 Å². The number of fused-ring (bicyclic) bond motifs is 1. The standard InChI is InChI=1S/C16H12ClNO/c17-14-6-3-12(4-7-14)11-19-15-8-5-13-2-1-9-18-16(13)10-15/h1-10H,11H2. The summed E-state index contributed by atoms with van der Waals surface area (Å²) in [6.07, 6.45) is 1.78. The third-order valence-corrected chi connectivity index (χ3v) is 3.15. The molecule has 0 saturated carbocycles. The van der Waals surface area contributed by atoms with Crippen LogP contribution in [0.1, 0.15) is 5.56 Å². The number of rotatable bonds is 3. The zero-order chi connectivity index (χ0) is 13.1. The number of nitrogens with zero attached hydrogens (tertiary/aromatic N) is 1. The molecular formula is C16H12ClNO. The molecule has 0 saturated heterocycles. The first-order valence-electron chi connectivity index (χ1n) is 6.03. The third-order valence-electron chi connectivity index (χ3n) is 2.90. The molecule has 0 unspecified atom stereocenters. The summed E-state index contributed by atoms with van der Waals surface area (Å²) in [6, 6.07) is 17.5. The molecule has 2 nitrogen and oxygen atoms in total. The highest BCUT2D eigenvalue weighted by Gasteiger charge is 1.99. The molecule has 3 rings (SSSR count). The number of benzene rings is 2. The van der Waals surface area contributed by atoms with Crippen molar-refractivity contribution in [1.29, 1.82) is 0 Å². The van der Waals surface area contributed by atoms with Crippen LogP contribution in [0.5, 0.6) is 5.75 Å². The molecule has 0 radical (unpaired) electrons. The van der Waals surface area contributed by atoms with Crippen LogP contribution in [0.4, 0.5) is 0 Å². The Labute approximate surface area is 116 Å². The maximum Gasteiger partial charge on any atom is 0.122 e. The summed E-state index contributed by atoms with van der Waals surface area (Å²) in [4.78, 5) is 4.31. The maximum atomic E-state index is 5.85. The van der Waals surface area contributed by atoms with Crippen molar-refractivity contribution >= 4 is 22.5 Å². The van der Waals surface area contributed by atoms with Crippen molar-refractivity contribution in [1.82, 2.24) is 4.98 Å². The fourth-order valence-electron chi connectivity index (χ4n) is 1.88. The first kappa shape index (κ1) is 12.0. The SMILES string of the molecule is Clc1ccc(COc2ccc3cccnc3c2)cc1. The quantitative estimate of drug-likeness (QED) is 0.700. The van der Waals surface area contributed by atoms with E-state index in [1.165, 1.54) is 0 Å². The first-order valence-corrected chi connectivity index (χ1v) is 6.41. The summed E-state index contributed by atoms with van der Waals surface area (Å²) in [5, 5.41) is 1.85. The summed E-state index contributed by atoms with van der Waals surface area (Å²) in [5.74, 6) is 0.821.